The van der Waals surface area contributed by atoms with Crippen LogP contribution in [0.2, 0.25) is 0 Å². The highest BCUT2D eigenvalue weighted by Gasteiger charge is 2.61. The molecule has 2 aliphatic rings. The number of aromatic nitrogens is 1. The number of para-hydroxylation sites is 2. The first-order valence-corrected chi connectivity index (χ1v) is 11.9. The number of amides is 2. The van der Waals surface area contributed by atoms with E-state index in [1.165, 1.54) is 0 Å². The summed E-state index contributed by atoms with van der Waals surface area (Å²) in [6.07, 6.45) is 4.22. The SMILES string of the molecule is CCCCCN1C(=O)[C@@]2(c3ccccc31)c1[nH]c3ccccc3c1C[C@H](C)N2C(=O)CC. The zero-order valence-corrected chi connectivity index (χ0v) is 19.1. The lowest BCUT2D eigenvalue weighted by atomic mass is 9.77. The Labute approximate surface area is 189 Å². The molecule has 0 saturated heterocycles. The van der Waals surface area contributed by atoms with Crippen molar-refractivity contribution in [2.75, 3.05) is 11.4 Å². The maximum Gasteiger partial charge on any atom is 0.264 e. The van der Waals surface area contributed by atoms with Gasteiger partial charge in [0.2, 0.25) is 5.91 Å². The predicted octanol–water partition coefficient (Wildman–Crippen LogP) is 5.13. The molecule has 2 aromatic carbocycles. The molecule has 1 N–H and O–H groups in total. The molecular weight excluding hydrogens is 398 g/mol. The van der Waals surface area contributed by atoms with Crippen molar-refractivity contribution in [2.45, 2.75) is 64.5 Å². The van der Waals surface area contributed by atoms with Crippen molar-refractivity contribution in [3.63, 3.8) is 0 Å². The summed E-state index contributed by atoms with van der Waals surface area (Å²) in [5.41, 5.74) is 3.76. The number of fused-ring (bicyclic) bond motifs is 6. The fourth-order valence-electron chi connectivity index (χ4n) is 5.81. The number of carbonyl (C=O) groups excluding carboxylic acids is 2. The summed E-state index contributed by atoms with van der Waals surface area (Å²) >= 11 is 0. The second-order valence-corrected chi connectivity index (χ2v) is 9.09. The van der Waals surface area contributed by atoms with Crippen LogP contribution in [0.1, 0.15) is 63.3 Å². The van der Waals surface area contributed by atoms with Crippen LogP contribution in [0.3, 0.4) is 0 Å². The Balaban J connectivity index is 1.81. The van der Waals surface area contributed by atoms with Gasteiger partial charge in [-0.05, 0) is 37.5 Å². The van der Waals surface area contributed by atoms with Crippen molar-refractivity contribution in [3.8, 4) is 0 Å². The van der Waals surface area contributed by atoms with Crippen LogP contribution in [0.25, 0.3) is 10.9 Å². The molecule has 2 aliphatic heterocycles. The average Bonchev–Trinajstić information content (AvgIpc) is 3.29. The highest BCUT2D eigenvalue weighted by molar-refractivity contribution is 6.12. The van der Waals surface area contributed by atoms with Crippen molar-refractivity contribution in [3.05, 3.63) is 65.4 Å². The largest absolute Gasteiger partial charge is 0.355 e. The third-order valence-electron chi connectivity index (χ3n) is 7.17. The number of anilines is 1. The zero-order chi connectivity index (χ0) is 22.5. The molecule has 5 heteroatoms. The highest BCUT2D eigenvalue weighted by atomic mass is 16.2. The first kappa shape index (κ1) is 20.8. The smallest absolute Gasteiger partial charge is 0.264 e. The van der Waals surface area contributed by atoms with Gasteiger partial charge in [-0.1, -0.05) is 63.1 Å². The van der Waals surface area contributed by atoms with Crippen LogP contribution in [0.5, 0.6) is 0 Å². The third kappa shape index (κ3) is 2.70. The van der Waals surface area contributed by atoms with Crippen LogP contribution in [0.4, 0.5) is 5.69 Å². The normalized spacial score (nSPS) is 22.0. The molecule has 0 aliphatic carbocycles. The number of hydrogen-bond donors (Lipinski definition) is 1. The Morgan fingerprint density at radius 3 is 2.62 bits per heavy atom. The summed E-state index contributed by atoms with van der Waals surface area (Å²) in [5.74, 6) is 0.0105. The van der Waals surface area contributed by atoms with Crippen molar-refractivity contribution in [2.24, 2.45) is 0 Å². The Bertz CT molecular complexity index is 1200. The lowest BCUT2D eigenvalue weighted by molar-refractivity contribution is -0.147. The Hall–Kier alpha value is -3.08. The minimum Gasteiger partial charge on any atom is -0.355 e. The molecule has 3 aromatic rings. The number of rotatable bonds is 5. The lowest BCUT2D eigenvalue weighted by Gasteiger charge is -2.47. The Kier molecular flexibility index (Phi) is 5.07. The predicted molar refractivity (Wildman–Crippen MR) is 128 cm³/mol. The number of nitrogens with zero attached hydrogens (tertiary/aromatic N) is 2. The summed E-state index contributed by atoms with van der Waals surface area (Å²) in [6, 6.07) is 16.2. The first-order chi connectivity index (χ1) is 15.6. The van der Waals surface area contributed by atoms with E-state index in [0.29, 0.717) is 13.0 Å². The molecule has 0 saturated carbocycles. The number of benzene rings is 2. The molecule has 5 nitrogen and oxygen atoms in total. The lowest BCUT2D eigenvalue weighted by Crippen LogP contribution is -2.62. The van der Waals surface area contributed by atoms with Gasteiger partial charge in [-0.3, -0.25) is 9.59 Å². The zero-order valence-electron chi connectivity index (χ0n) is 19.1. The highest BCUT2D eigenvalue weighted by Crippen LogP contribution is 2.53. The van der Waals surface area contributed by atoms with E-state index < -0.39 is 5.54 Å². The molecule has 2 amide bonds. The number of nitrogens with one attached hydrogen (secondary N) is 1. The molecule has 5 rings (SSSR count). The van der Waals surface area contributed by atoms with Crippen LogP contribution in [-0.2, 0) is 21.5 Å². The van der Waals surface area contributed by atoms with Gasteiger partial charge in [0.05, 0.1) is 11.4 Å². The summed E-state index contributed by atoms with van der Waals surface area (Å²) in [5, 5.41) is 1.15. The summed E-state index contributed by atoms with van der Waals surface area (Å²) < 4.78 is 0. The second-order valence-electron chi connectivity index (χ2n) is 9.09. The van der Waals surface area contributed by atoms with Gasteiger partial charge in [0.15, 0.2) is 5.54 Å². The van der Waals surface area contributed by atoms with Crippen LogP contribution in [0.15, 0.2) is 48.5 Å². The average molecular weight is 430 g/mol. The Morgan fingerprint density at radius 2 is 1.84 bits per heavy atom. The maximum absolute atomic E-state index is 14.5. The van der Waals surface area contributed by atoms with Gasteiger partial charge in [-0.2, -0.15) is 0 Å². The van der Waals surface area contributed by atoms with Crippen LogP contribution in [-0.4, -0.2) is 34.3 Å². The maximum atomic E-state index is 14.5. The van der Waals surface area contributed by atoms with Crippen molar-refractivity contribution >= 4 is 28.4 Å². The molecule has 166 valence electrons. The number of carbonyl (C=O) groups is 2. The molecule has 0 bridgehead atoms. The fourth-order valence-corrected chi connectivity index (χ4v) is 5.81. The van der Waals surface area contributed by atoms with Gasteiger partial charge in [-0.25, -0.2) is 0 Å². The van der Waals surface area contributed by atoms with E-state index in [4.69, 9.17) is 0 Å². The Morgan fingerprint density at radius 1 is 1.09 bits per heavy atom. The molecule has 1 spiro atoms. The van der Waals surface area contributed by atoms with E-state index in [1.807, 2.05) is 53.1 Å². The molecule has 0 radical (unpaired) electrons. The summed E-state index contributed by atoms with van der Waals surface area (Å²) in [4.78, 5) is 35.3. The molecule has 3 heterocycles. The quantitative estimate of drug-likeness (QED) is 0.572. The molecule has 2 atom stereocenters. The summed E-state index contributed by atoms with van der Waals surface area (Å²) in [7, 11) is 0. The second kappa shape index (κ2) is 7.80. The third-order valence-corrected chi connectivity index (χ3v) is 7.17. The van der Waals surface area contributed by atoms with Gasteiger partial charge in [-0.15, -0.1) is 0 Å². The number of hydrogen-bond acceptors (Lipinski definition) is 2. The number of aromatic amines is 1. The molecule has 0 unspecified atom stereocenters. The first-order valence-electron chi connectivity index (χ1n) is 11.9. The molecule has 1 aromatic heterocycles. The summed E-state index contributed by atoms with van der Waals surface area (Å²) in [6.45, 7) is 6.80. The minimum atomic E-state index is -1.14. The van der Waals surface area contributed by atoms with Gasteiger partial charge < -0.3 is 14.8 Å². The van der Waals surface area contributed by atoms with E-state index in [0.717, 1.165) is 59.1 Å². The van der Waals surface area contributed by atoms with Gasteiger partial charge in [0.1, 0.15) is 0 Å². The van der Waals surface area contributed by atoms with Crippen molar-refractivity contribution in [1.29, 1.82) is 0 Å². The van der Waals surface area contributed by atoms with E-state index in [9.17, 15) is 9.59 Å². The van der Waals surface area contributed by atoms with Crippen molar-refractivity contribution < 1.29 is 9.59 Å². The minimum absolute atomic E-state index is 0.00374. The van der Waals surface area contributed by atoms with Gasteiger partial charge in [0, 0.05) is 35.5 Å². The fraction of sp³-hybridized carbons (Fsp3) is 0.407. The molecule has 0 fully saturated rings. The van der Waals surface area contributed by atoms with E-state index in [-0.39, 0.29) is 17.9 Å². The standard InChI is InChI=1S/C27H31N3O2/c1-4-6-11-16-29-23-15-10-8-13-21(23)27(26(29)32)25-20(17-18(3)30(27)24(31)5-2)19-12-7-9-14-22(19)28-25/h7-10,12-15,18,28H,4-6,11,16-17H2,1-3H3/t18-,27+/m0/s1. The monoisotopic (exact) mass is 429 g/mol. The molecular formula is C27H31N3O2. The van der Waals surface area contributed by atoms with Crippen LogP contribution in [0, 0.1) is 0 Å². The molecule has 32 heavy (non-hydrogen) atoms. The van der Waals surface area contributed by atoms with Crippen LogP contribution >= 0.6 is 0 Å². The van der Waals surface area contributed by atoms with E-state index in [1.54, 1.807) is 0 Å². The van der Waals surface area contributed by atoms with Gasteiger partial charge in [0.25, 0.3) is 5.91 Å². The van der Waals surface area contributed by atoms with E-state index >= 15 is 0 Å². The van der Waals surface area contributed by atoms with E-state index in [2.05, 4.69) is 31.0 Å². The van der Waals surface area contributed by atoms with Gasteiger partial charge >= 0.3 is 0 Å². The number of unbranched alkanes of at least 4 members (excludes halogenated alkanes) is 2. The number of H-pyrrole nitrogens is 1. The van der Waals surface area contributed by atoms with Crippen LogP contribution < -0.4 is 4.90 Å². The van der Waals surface area contributed by atoms with Crippen molar-refractivity contribution in [1.82, 2.24) is 9.88 Å². The topological polar surface area (TPSA) is 56.4 Å².